The van der Waals surface area contributed by atoms with Gasteiger partial charge in [-0.1, -0.05) is 11.6 Å². The number of rotatable bonds is 14. The van der Waals surface area contributed by atoms with Gasteiger partial charge in [0, 0.05) is 26.1 Å². The summed E-state index contributed by atoms with van der Waals surface area (Å²) in [4.78, 5) is 35.9. The van der Waals surface area contributed by atoms with Crippen LogP contribution in [0.15, 0.2) is 11.6 Å². The molecule has 5 atom stereocenters. The highest BCUT2D eigenvalue weighted by Crippen LogP contribution is 2.49. The van der Waals surface area contributed by atoms with Crippen LogP contribution in [0.3, 0.4) is 0 Å². The standard InChI is InChI=1S/C26H46N4O8/c1-17(2)9-13-35-18(3)21-22(34-6)19(8-10-26(21)16-37-26)38-24(33)30-25(4,5)15-36-23(32)29-12-7-11-28-20(31)14-27/h9,18-19,21-22H,7-8,10-16,27H2,1-6H3,(H,28,31)(H,29,32)(H,30,33). The lowest BCUT2D eigenvalue weighted by Gasteiger charge is -2.43. The van der Waals surface area contributed by atoms with E-state index >= 15 is 0 Å². The molecule has 12 nitrogen and oxygen atoms in total. The largest absolute Gasteiger partial charge is 0.447 e. The highest BCUT2D eigenvalue weighted by atomic mass is 16.6. The van der Waals surface area contributed by atoms with Crippen molar-refractivity contribution in [1.29, 1.82) is 0 Å². The van der Waals surface area contributed by atoms with Gasteiger partial charge in [-0.2, -0.15) is 0 Å². The van der Waals surface area contributed by atoms with Gasteiger partial charge in [-0.15, -0.1) is 0 Å². The lowest BCUT2D eigenvalue weighted by atomic mass is 9.73. The number of ether oxygens (including phenoxy) is 5. The molecule has 1 aliphatic heterocycles. The number of alkyl carbamates (subject to hydrolysis) is 2. The molecule has 2 fully saturated rings. The summed E-state index contributed by atoms with van der Waals surface area (Å²) in [7, 11) is 1.61. The molecule has 0 radical (unpaired) electrons. The number of nitrogens with two attached hydrogens (primary N) is 1. The normalized spacial score (nSPS) is 25.2. The van der Waals surface area contributed by atoms with E-state index in [2.05, 4.69) is 16.0 Å². The van der Waals surface area contributed by atoms with Gasteiger partial charge in [0.05, 0.1) is 37.0 Å². The minimum absolute atomic E-state index is 0.0645. The molecule has 5 N–H and O–H groups in total. The van der Waals surface area contributed by atoms with E-state index in [0.717, 1.165) is 6.42 Å². The zero-order valence-corrected chi connectivity index (χ0v) is 23.6. The number of methoxy groups -OCH3 is 1. The molecular formula is C26H46N4O8. The highest BCUT2D eigenvalue weighted by Gasteiger charge is 2.61. The Morgan fingerprint density at radius 2 is 1.87 bits per heavy atom. The number of amides is 3. The van der Waals surface area contributed by atoms with Crippen molar-refractivity contribution >= 4 is 18.1 Å². The molecule has 0 aromatic rings. The summed E-state index contributed by atoms with van der Waals surface area (Å²) in [6.45, 7) is 11.2. The highest BCUT2D eigenvalue weighted by molar-refractivity contribution is 5.77. The van der Waals surface area contributed by atoms with Crippen molar-refractivity contribution in [2.75, 3.05) is 46.6 Å². The van der Waals surface area contributed by atoms with E-state index in [4.69, 9.17) is 29.4 Å². The maximum atomic E-state index is 12.8. The van der Waals surface area contributed by atoms with Crippen molar-refractivity contribution in [3.05, 3.63) is 11.6 Å². The fourth-order valence-electron chi connectivity index (χ4n) is 4.62. The lowest BCUT2D eigenvalue weighted by Crippen LogP contribution is -2.56. The number of epoxide rings is 1. The van der Waals surface area contributed by atoms with Crippen LogP contribution in [0.5, 0.6) is 0 Å². The molecule has 218 valence electrons. The molecule has 0 aromatic carbocycles. The maximum absolute atomic E-state index is 12.8. The monoisotopic (exact) mass is 542 g/mol. The zero-order chi connectivity index (χ0) is 28.3. The van der Waals surface area contributed by atoms with E-state index in [1.807, 2.05) is 26.8 Å². The van der Waals surface area contributed by atoms with E-state index in [9.17, 15) is 14.4 Å². The van der Waals surface area contributed by atoms with Gasteiger partial charge in [0.1, 0.15) is 18.8 Å². The third-order valence-corrected chi connectivity index (χ3v) is 6.72. The summed E-state index contributed by atoms with van der Waals surface area (Å²) >= 11 is 0. The van der Waals surface area contributed by atoms with Gasteiger partial charge in [-0.25, -0.2) is 9.59 Å². The van der Waals surface area contributed by atoms with Gasteiger partial charge in [0.25, 0.3) is 0 Å². The van der Waals surface area contributed by atoms with E-state index in [1.165, 1.54) is 5.57 Å². The lowest BCUT2D eigenvalue weighted by molar-refractivity contribution is -0.138. The quantitative estimate of drug-likeness (QED) is 0.145. The average molecular weight is 543 g/mol. The van der Waals surface area contributed by atoms with Crippen molar-refractivity contribution < 1.29 is 38.1 Å². The first kappa shape index (κ1) is 31.8. The van der Waals surface area contributed by atoms with Crippen LogP contribution in [0.1, 0.15) is 53.9 Å². The van der Waals surface area contributed by atoms with Crippen LogP contribution >= 0.6 is 0 Å². The molecule has 1 aliphatic carbocycles. The van der Waals surface area contributed by atoms with Gasteiger partial charge in [-0.05, 0) is 53.9 Å². The molecule has 3 amide bonds. The first-order valence-corrected chi connectivity index (χ1v) is 13.2. The van der Waals surface area contributed by atoms with Gasteiger partial charge < -0.3 is 45.4 Å². The Morgan fingerprint density at radius 3 is 2.47 bits per heavy atom. The van der Waals surface area contributed by atoms with E-state index < -0.39 is 29.9 Å². The molecule has 2 aliphatic rings. The van der Waals surface area contributed by atoms with Crippen LogP contribution in [0.4, 0.5) is 9.59 Å². The van der Waals surface area contributed by atoms with Crippen molar-refractivity contribution in [3.63, 3.8) is 0 Å². The van der Waals surface area contributed by atoms with Gasteiger partial charge in [-0.3, -0.25) is 4.79 Å². The number of carbonyl (C=O) groups is 3. The predicted octanol–water partition coefficient (Wildman–Crippen LogP) is 1.62. The fourth-order valence-corrected chi connectivity index (χ4v) is 4.62. The minimum Gasteiger partial charge on any atom is -0.447 e. The molecular weight excluding hydrogens is 496 g/mol. The van der Waals surface area contributed by atoms with Crippen LogP contribution in [-0.2, 0) is 28.5 Å². The summed E-state index contributed by atoms with van der Waals surface area (Å²) in [5, 5.41) is 7.98. The van der Waals surface area contributed by atoms with Crippen LogP contribution < -0.4 is 21.7 Å². The SMILES string of the molecule is COC1C(OC(=O)NC(C)(C)COC(=O)NCCCNC(=O)CN)CCC2(CO2)C1C(C)OCC=C(C)C. The summed E-state index contributed by atoms with van der Waals surface area (Å²) in [5.41, 5.74) is 5.21. The first-order chi connectivity index (χ1) is 17.9. The molecule has 2 rings (SSSR count). The Kier molecular flexibility index (Phi) is 12.3. The molecule has 1 spiro atoms. The van der Waals surface area contributed by atoms with E-state index in [-0.39, 0.29) is 36.7 Å². The van der Waals surface area contributed by atoms with Crippen LogP contribution in [0.2, 0.25) is 0 Å². The number of nitrogens with one attached hydrogen (secondary N) is 3. The van der Waals surface area contributed by atoms with Gasteiger partial charge in [0.15, 0.2) is 0 Å². The number of allylic oxidation sites excluding steroid dienone is 1. The van der Waals surface area contributed by atoms with E-state index in [1.54, 1.807) is 21.0 Å². The Balaban J connectivity index is 1.82. The Labute approximate surface area is 225 Å². The number of hydrogen-bond donors (Lipinski definition) is 4. The second-order valence-electron chi connectivity index (χ2n) is 10.8. The van der Waals surface area contributed by atoms with Gasteiger partial charge in [0.2, 0.25) is 5.91 Å². The Bertz CT molecular complexity index is 826. The fraction of sp³-hybridized carbons (Fsp3) is 0.808. The van der Waals surface area contributed by atoms with Crippen molar-refractivity contribution in [3.8, 4) is 0 Å². The van der Waals surface area contributed by atoms with Crippen LogP contribution in [0.25, 0.3) is 0 Å². The molecule has 38 heavy (non-hydrogen) atoms. The first-order valence-electron chi connectivity index (χ1n) is 13.2. The average Bonchev–Trinajstić information content (AvgIpc) is 3.62. The van der Waals surface area contributed by atoms with Crippen LogP contribution in [-0.4, -0.2) is 94.1 Å². The molecule has 5 unspecified atom stereocenters. The molecule has 1 saturated carbocycles. The summed E-state index contributed by atoms with van der Waals surface area (Å²) < 4.78 is 28.8. The zero-order valence-electron chi connectivity index (χ0n) is 23.6. The third-order valence-electron chi connectivity index (χ3n) is 6.72. The van der Waals surface area contributed by atoms with Crippen LogP contribution in [0, 0.1) is 5.92 Å². The Hall–Kier alpha value is -2.41. The van der Waals surface area contributed by atoms with E-state index in [0.29, 0.717) is 39.1 Å². The minimum atomic E-state index is -0.873. The van der Waals surface area contributed by atoms with Crippen molar-refractivity contribution in [1.82, 2.24) is 16.0 Å². The third kappa shape index (κ3) is 10.0. The number of carbonyl (C=O) groups excluding carboxylic acids is 3. The molecule has 1 saturated heterocycles. The molecule has 1 heterocycles. The molecule has 0 aromatic heterocycles. The maximum Gasteiger partial charge on any atom is 0.408 e. The summed E-state index contributed by atoms with van der Waals surface area (Å²) in [5.74, 6) is -0.344. The van der Waals surface area contributed by atoms with Crippen molar-refractivity contribution in [2.45, 2.75) is 83.3 Å². The molecule has 12 heteroatoms. The summed E-state index contributed by atoms with van der Waals surface area (Å²) in [6.07, 6.45) is 1.64. The van der Waals surface area contributed by atoms with Crippen molar-refractivity contribution in [2.24, 2.45) is 11.7 Å². The molecule has 0 bridgehead atoms. The summed E-state index contributed by atoms with van der Waals surface area (Å²) in [6, 6.07) is 0. The second-order valence-corrected chi connectivity index (χ2v) is 10.8. The number of hydrogen-bond acceptors (Lipinski definition) is 9. The smallest absolute Gasteiger partial charge is 0.408 e. The predicted molar refractivity (Wildman–Crippen MR) is 141 cm³/mol. The second kappa shape index (κ2) is 14.7. The van der Waals surface area contributed by atoms with Gasteiger partial charge >= 0.3 is 12.2 Å². The topological polar surface area (TPSA) is 163 Å². The Morgan fingerprint density at radius 1 is 1.18 bits per heavy atom.